The SMILES string of the molecule is COc1ccc(N=C2CCC(=O)C2)cc1OCCC1Cc2ccccc2C1. The number of aliphatic imine (C=N–C) groups is 1. The zero-order valence-electron chi connectivity index (χ0n) is 15.7. The lowest BCUT2D eigenvalue weighted by atomic mass is 10.0. The van der Waals surface area contributed by atoms with Gasteiger partial charge in [-0.05, 0) is 54.9 Å². The van der Waals surface area contributed by atoms with Crippen molar-refractivity contribution in [3.05, 3.63) is 53.6 Å². The van der Waals surface area contributed by atoms with Gasteiger partial charge in [0.1, 0.15) is 5.78 Å². The molecule has 0 radical (unpaired) electrons. The monoisotopic (exact) mass is 363 g/mol. The highest BCUT2D eigenvalue weighted by Gasteiger charge is 2.21. The lowest BCUT2D eigenvalue weighted by Crippen LogP contribution is -2.07. The highest BCUT2D eigenvalue weighted by Crippen LogP contribution is 2.33. The van der Waals surface area contributed by atoms with E-state index in [1.807, 2.05) is 18.2 Å². The number of ether oxygens (including phenoxy) is 2. The number of nitrogens with zero attached hydrogens (tertiary/aromatic N) is 1. The quantitative estimate of drug-likeness (QED) is 0.747. The third-order valence-electron chi connectivity index (χ3n) is 5.45. The smallest absolute Gasteiger partial charge is 0.163 e. The number of carbonyl (C=O) groups excluding carboxylic acids is 1. The number of ketones is 1. The summed E-state index contributed by atoms with van der Waals surface area (Å²) in [5.74, 6) is 2.35. The topological polar surface area (TPSA) is 47.9 Å². The molecule has 0 saturated heterocycles. The first-order valence-corrected chi connectivity index (χ1v) is 9.67. The maximum atomic E-state index is 11.4. The molecule has 0 bridgehead atoms. The molecule has 0 amide bonds. The van der Waals surface area contributed by atoms with E-state index in [4.69, 9.17) is 9.47 Å². The van der Waals surface area contributed by atoms with E-state index in [2.05, 4.69) is 29.3 Å². The molecule has 2 aromatic rings. The van der Waals surface area contributed by atoms with E-state index in [9.17, 15) is 4.79 Å². The van der Waals surface area contributed by atoms with Gasteiger partial charge in [-0.25, -0.2) is 0 Å². The fourth-order valence-electron chi connectivity index (χ4n) is 4.00. The van der Waals surface area contributed by atoms with Gasteiger partial charge in [0.15, 0.2) is 11.5 Å². The van der Waals surface area contributed by atoms with Gasteiger partial charge in [-0.2, -0.15) is 0 Å². The van der Waals surface area contributed by atoms with E-state index in [-0.39, 0.29) is 5.78 Å². The molecule has 4 nitrogen and oxygen atoms in total. The Morgan fingerprint density at radius 3 is 2.48 bits per heavy atom. The minimum atomic E-state index is 0.274. The molecule has 0 aliphatic heterocycles. The number of Topliss-reactive ketones (excluding diaryl/α,β-unsaturated/α-hetero) is 1. The number of benzene rings is 2. The summed E-state index contributed by atoms with van der Waals surface area (Å²) in [6.07, 6.45) is 5.15. The molecule has 0 atom stereocenters. The Morgan fingerprint density at radius 1 is 1.04 bits per heavy atom. The maximum absolute atomic E-state index is 11.4. The molecule has 0 aromatic heterocycles. The third kappa shape index (κ3) is 4.21. The minimum absolute atomic E-state index is 0.274. The van der Waals surface area contributed by atoms with Gasteiger partial charge in [0, 0.05) is 24.6 Å². The molecule has 1 saturated carbocycles. The first-order chi connectivity index (χ1) is 13.2. The van der Waals surface area contributed by atoms with Crippen molar-refractivity contribution >= 4 is 17.2 Å². The summed E-state index contributed by atoms with van der Waals surface area (Å²) in [6, 6.07) is 14.4. The fraction of sp³-hybridized carbons (Fsp3) is 0.391. The second kappa shape index (κ2) is 7.95. The van der Waals surface area contributed by atoms with Crippen molar-refractivity contribution in [2.24, 2.45) is 10.9 Å². The standard InChI is InChI=1S/C23H25NO3/c1-26-22-9-7-20(24-19-6-8-21(25)14-19)15-23(22)27-11-10-16-12-17-4-2-3-5-18(17)13-16/h2-5,7,9,15-16H,6,8,10-14H2,1H3. The zero-order chi connectivity index (χ0) is 18.6. The highest BCUT2D eigenvalue weighted by atomic mass is 16.5. The van der Waals surface area contributed by atoms with Crippen LogP contribution in [0, 0.1) is 5.92 Å². The molecule has 0 spiro atoms. The molecule has 0 unspecified atom stereocenters. The molecule has 4 heteroatoms. The normalized spacial score (nSPS) is 18.1. The van der Waals surface area contributed by atoms with Crippen LogP contribution in [-0.2, 0) is 17.6 Å². The van der Waals surface area contributed by atoms with E-state index in [1.165, 1.54) is 11.1 Å². The molecule has 0 heterocycles. The van der Waals surface area contributed by atoms with Crippen molar-refractivity contribution < 1.29 is 14.3 Å². The molecule has 27 heavy (non-hydrogen) atoms. The van der Waals surface area contributed by atoms with Crippen LogP contribution in [0.15, 0.2) is 47.5 Å². The Balaban J connectivity index is 1.38. The lowest BCUT2D eigenvalue weighted by molar-refractivity contribution is -0.116. The molecular formula is C23H25NO3. The highest BCUT2D eigenvalue weighted by molar-refractivity contribution is 6.09. The molecule has 0 N–H and O–H groups in total. The molecular weight excluding hydrogens is 338 g/mol. The summed E-state index contributed by atoms with van der Waals surface area (Å²) >= 11 is 0. The van der Waals surface area contributed by atoms with Gasteiger partial charge in [-0.1, -0.05) is 24.3 Å². The van der Waals surface area contributed by atoms with Crippen LogP contribution in [0.5, 0.6) is 11.5 Å². The molecule has 140 valence electrons. The van der Waals surface area contributed by atoms with Gasteiger partial charge in [0.25, 0.3) is 0 Å². The van der Waals surface area contributed by atoms with Crippen LogP contribution < -0.4 is 9.47 Å². The Hall–Kier alpha value is -2.62. The van der Waals surface area contributed by atoms with Crippen LogP contribution in [0.4, 0.5) is 5.69 Å². The largest absolute Gasteiger partial charge is 0.493 e. The van der Waals surface area contributed by atoms with Gasteiger partial charge in [-0.3, -0.25) is 9.79 Å². The second-order valence-corrected chi connectivity index (χ2v) is 7.41. The van der Waals surface area contributed by atoms with Crippen LogP contribution in [0.3, 0.4) is 0 Å². The predicted molar refractivity (Wildman–Crippen MR) is 106 cm³/mol. The van der Waals surface area contributed by atoms with Crippen LogP contribution in [0.2, 0.25) is 0 Å². The molecule has 2 aliphatic rings. The summed E-state index contributed by atoms with van der Waals surface area (Å²) in [4.78, 5) is 16.1. The van der Waals surface area contributed by atoms with Crippen molar-refractivity contribution in [2.45, 2.75) is 38.5 Å². The fourth-order valence-corrected chi connectivity index (χ4v) is 4.00. The number of hydrogen-bond donors (Lipinski definition) is 0. The summed E-state index contributed by atoms with van der Waals surface area (Å²) in [6.45, 7) is 0.660. The minimum Gasteiger partial charge on any atom is -0.493 e. The summed E-state index contributed by atoms with van der Waals surface area (Å²) in [5, 5.41) is 0. The van der Waals surface area contributed by atoms with Gasteiger partial charge < -0.3 is 9.47 Å². The van der Waals surface area contributed by atoms with E-state index in [0.29, 0.717) is 25.4 Å². The van der Waals surface area contributed by atoms with Gasteiger partial charge >= 0.3 is 0 Å². The average Bonchev–Trinajstić information content (AvgIpc) is 3.27. The number of hydrogen-bond acceptors (Lipinski definition) is 4. The molecule has 4 rings (SSSR count). The van der Waals surface area contributed by atoms with Crippen molar-refractivity contribution in [3.63, 3.8) is 0 Å². The predicted octanol–water partition coefficient (Wildman–Crippen LogP) is 4.70. The molecule has 2 aliphatic carbocycles. The molecule has 2 aromatic carbocycles. The van der Waals surface area contributed by atoms with Crippen LogP contribution in [0.25, 0.3) is 0 Å². The van der Waals surface area contributed by atoms with Crippen LogP contribution in [0.1, 0.15) is 36.8 Å². The Labute approximate surface area is 160 Å². The van der Waals surface area contributed by atoms with Gasteiger partial charge in [-0.15, -0.1) is 0 Å². The van der Waals surface area contributed by atoms with Crippen molar-refractivity contribution in [3.8, 4) is 11.5 Å². The maximum Gasteiger partial charge on any atom is 0.163 e. The van der Waals surface area contributed by atoms with Crippen LogP contribution >= 0.6 is 0 Å². The Kier molecular flexibility index (Phi) is 5.23. The van der Waals surface area contributed by atoms with Gasteiger partial charge in [0.2, 0.25) is 0 Å². The van der Waals surface area contributed by atoms with E-state index in [1.54, 1.807) is 7.11 Å². The first-order valence-electron chi connectivity index (χ1n) is 9.67. The number of carbonyl (C=O) groups is 1. The third-order valence-corrected chi connectivity index (χ3v) is 5.45. The van der Waals surface area contributed by atoms with Gasteiger partial charge in [0.05, 0.1) is 19.4 Å². The van der Waals surface area contributed by atoms with E-state index in [0.717, 1.165) is 48.6 Å². The van der Waals surface area contributed by atoms with E-state index < -0.39 is 0 Å². The Bertz CT molecular complexity index is 847. The summed E-state index contributed by atoms with van der Waals surface area (Å²) < 4.78 is 11.5. The second-order valence-electron chi connectivity index (χ2n) is 7.41. The number of methoxy groups -OCH3 is 1. The summed E-state index contributed by atoms with van der Waals surface area (Å²) in [5.41, 5.74) is 4.73. The lowest BCUT2D eigenvalue weighted by Gasteiger charge is -2.13. The Morgan fingerprint density at radius 2 is 1.81 bits per heavy atom. The van der Waals surface area contributed by atoms with Crippen LogP contribution in [-0.4, -0.2) is 25.2 Å². The average molecular weight is 363 g/mol. The van der Waals surface area contributed by atoms with E-state index >= 15 is 0 Å². The zero-order valence-corrected chi connectivity index (χ0v) is 15.7. The molecule has 1 fully saturated rings. The number of rotatable bonds is 6. The van der Waals surface area contributed by atoms with Crippen molar-refractivity contribution in [1.29, 1.82) is 0 Å². The number of fused-ring (bicyclic) bond motifs is 1. The van der Waals surface area contributed by atoms with Crippen molar-refractivity contribution in [2.75, 3.05) is 13.7 Å². The first kappa shape index (κ1) is 17.8. The summed E-state index contributed by atoms with van der Waals surface area (Å²) in [7, 11) is 1.65. The van der Waals surface area contributed by atoms with Crippen molar-refractivity contribution in [1.82, 2.24) is 0 Å².